The summed E-state index contributed by atoms with van der Waals surface area (Å²) < 4.78 is 5.22. The second-order valence-electron chi connectivity index (χ2n) is 4.87. The summed E-state index contributed by atoms with van der Waals surface area (Å²) in [5, 5.41) is 8.57. The Morgan fingerprint density at radius 2 is 2.28 bits per heavy atom. The third-order valence-corrected chi connectivity index (χ3v) is 2.96. The molecule has 1 amide bonds. The van der Waals surface area contributed by atoms with E-state index in [9.17, 15) is 9.59 Å². The molecule has 1 atom stereocenters. The van der Waals surface area contributed by atoms with Gasteiger partial charge in [0.05, 0.1) is 0 Å². The van der Waals surface area contributed by atoms with Crippen LogP contribution in [0.4, 0.5) is 4.79 Å². The van der Waals surface area contributed by atoms with Crippen molar-refractivity contribution in [2.45, 2.75) is 31.8 Å². The number of aliphatic carboxylic acids is 1. The van der Waals surface area contributed by atoms with Crippen LogP contribution in [0, 0.1) is 0 Å². The van der Waals surface area contributed by atoms with Crippen molar-refractivity contribution < 1.29 is 19.4 Å². The van der Waals surface area contributed by atoms with E-state index in [2.05, 4.69) is 4.90 Å². The van der Waals surface area contributed by atoms with Gasteiger partial charge in [-0.25, -0.2) is 4.79 Å². The van der Waals surface area contributed by atoms with E-state index in [1.165, 1.54) is 0 Å². The highest BCUT2D eigenvalue weighted by Crippen LogP contribution is 2.16. The lowest BCUT2D eigenvalue weighted by atomic mass is 10.1. The second kappa shape index (κ2) is 7.20. The van der Waals surface area contributed by atoms with Crippen molar-refractivity contribution in [1.29, 1.82) is 0 Å². The SMILES string of the molecule is CN(C)CCCN1CCC(CCC(=O)O)OC1=O. The molecule has 1 saturated heterocycles. The summed E-state index contributed by atoms with van der Waals surface area (Å²) in [4.78, 5) is 25.9. The van der Waals surface area contributed by atoms with Gasteiger partial charge in [0.15, 0.2) is 0 Å². The lowest BCUT2D eigenvalue weighted by molar-refractivity contribution is -0.137. The Labute approximate surface area is 107 Å². The standard InChI is InChI=1S/C12H22N2O4/c1-13(2)7-3-8-14-9-6-10(18-12(14)17)4-5-11(15)16/h10H,3-9H2,1-2H3,(H,15,16). The van der Waals surface area contributed by atoms with Gasteiger partial charge in [-0.15, -0.1) is 0 Å². The highest BCUT2D eigenvalue weighted by atomic mass is 16.6. The molecule has 1 unspecified atom stereocenters. The van der Waals surface area contributed by atoms with E-state index in [4.69, 9.17) is 9.84 Å². The molecule has 0 spiro atoms. The summed E-state index contributed by atoms with van der Waals surface area (Å²) in [6.07, 6.45) is 1.56. The number of hydrogen-bond donors (Lipinski definition) is 1. The monoisotopic (exact) mass is 258 g/mol. The molecule has 104 valence electrons. The van der Waals surface area contributed by atoms with Crippen molar-refractivity contribution in [2.24, 2.45) is 0 Å². The summed E-state index contributed by atoms with van der Waals surface area (Å²) in [5.41, 5.74) is 0. The first-order valence-electron chi connectivity index (χ1n) is 6.31. The smallest absolute Gasteiger partial charge is 0.410 e. The maximum absolute atomic E-state index is 11.7. The van der Waals surface area contributed by atoms with E-state index in [0.717, 1.165) is 19.4 Å². The van der Waals surface area contributed by atoms with Crippen LogP contribution in [-0.4, -0.2) is 66.8 Å². The van der Waals surface area contributed by atoms with Crippen LogP contribution in [0.5, 0.6) is 0 Å². The zero-order chi connectivity index (χ0) is 13.5. The molecule has 0 saturated carbocycles. The zero-order valence-corrected chi connectivity index (χ0v) is 11.1. The van der Waals surface area contributed by atoms with Crippen LogP contribution in [0.3, 0.4) is 0 Å². The highest BCUT2D eigenvalue weighted by Gasteiger charge is 2.26. The lowest BCUT2D eigenvalue weighted by Crippen LogP contribution is -2.43. The van der Waals surface area contributed by atoms with Gasteiger partial charge in [-0.1, -0.05) is 0 Å². The predicted octanol–water partition coefficient (Wildman–Crippen LogP) is 1.01. The van der Waals surface area contributed by atoms with E-state index < -0.39 is 5.97 Å². The third-order valence-electron chi connectivity index (χ3n) is 2.96. The van der Waals surface area contributed by atoms with Gasteiger partial charge in [0.2, 0.25) is 0 Å². The predicted molar refractivity (Wildman–Crippen MR) is 66.5 cm³/mol. The van der Waals surface area contributed by atoms with Crippen molar-refractivity contribution in [3.05, 3.63) is 0 Å². The Balaban J connectivity index is 2.24. The first-order valence-corrected chi connectivity index (χ1v) is 6.31. The fourth-order valence-corrected chi connectivity index (χ4v) is 1.94. The summed E-state index contributed by atoms with van der Waals surface area (Å²) in [6, 6.07) is 0. The van der Waals surface area contributed by atoms with Crippen LogP contribution < -0.4 is 0 Å². The first-order chi connectivity index (χ1) is 8.49. The molecule has 1 N–H and O–H groups in total. The fraction of sp³-hybridized carbons (Fsp3) is 0.833. The normalized spacial score (nSPS) is 20.1. The van der Waals surface area contributed by atoms with Crippen molar-refractivity contribution in [3.8, 4) is 0 Å². The number of cyclic esters (lactones) is 1. The Kier molecular flexibility index (Phi) is 5.91. The average Bonchev–Trinajstić information content (AvgIpc) is 2.28. The number of carboxylic acids is 1. The minimum Gasteiger partial charge on any atom is -0.481 e. The van der Waals surface area contributed by atoms with Crippen LogP contribution in [0.15, 0.2) is 0 Å². The van der Waals surface area contributed by atoms with Gasteiger partial charge in [0.1, 0.15) is 6.10 Å². The van der Waals surface area contributed by atoms with Gasteiger partial charge in [-0.05, 0) is 33.5 Å². The Bertz CT molecular complexity index is 294. The summed E-state index contributed by atoms with van der Waals surface area (Å²) in [6.45, 7) is 2.30. The van der Waals surface area contributed by atoms with Gasteiger partial charge < -0.3 is 19.6 Å². The Morgan fingerprint density at radius 3 is 2.83 bits per heavy atom. The molecule has 1 aliphatic heterocycles. The maximum Gasteiger partial charge on any atom is 0.410 e. The minimum atomic E-state index is -0.848. The zero-order valence-electron chi connectivity index (χ0n) is 11.1. The van der Waals surface area contributed by atoms with E-state index in [-0.39, 0.29) is 18.6 Å². The van der Waals surface area contributed by atoms with Gasteiger partial charge in [0, 0.05) is 25.9 Å². The maximum atomic E-state index is 11.7. The van der Waals surface area contributed by atoms with Gasteiger partial charge >= 0.3 is 12.1 Å². The molecule has 1 fully saturated rings. The molecule has 0 radical (unpaired) electrons. The average molecular weight is 258 g/mol. The number of hydrogen-bond acceptors (Lipinski definition) is 4. The minimum absolute atomic E-state index is 0.0541. The summed E-state index contributed by atoms with van der Waals surface area (Å²) in [7, 11) is 3.99. The van der Waals surface area contributed by atoms with Crippen molar-refractivity contribution >= 4 is 12.1 Å². The summed E-state index contributed by atoms with van der Waals surface area (Å²) in [5.74, 6) is -0.848. The summed E-state index contributed by atoms with van der Waals surface area (Å²) >= 11 is 0. The van der Waals surface area contributed by atoms with Crippen molar-refractivity contribution in [1.82, 2.24) is 9.80 Å². The van der Waals surface area contributed by atoms with Crippen molar-refractivity contribution in [2.75, 3.05) is 33.7 Å². The third kappa shape index (κ3) is 5.35. The number of carboxylic acid groups (broad SMARTS) is 1. The van der Waals surface area contributed by atoms with E-state index in [1.54, 1.807) is 4.90 Å². The highest BCUT2D eigenvalue weighted by molar-refractivity contribution is 5.69. The molecule has 0 aromatic carbocycles. The quantitative estimate of drug-likeness (QED) is 0.738. The van der Waals surface area contributed by atoms with Crippen LogP contribution in [0.2, 0.25) is 0 Å². The molecule has 1 heterocycles. The molecule has 1 rings (SSSR count). The second-order valence-corrected chi connectivity index (χ2v) is 4.87. The molecule has 0 bridgehead atoms. The first kappa shape index (κ1) is 14.8. The number of ether oxygens (including phenoxy) is 1. The Hall–Kier alpha value is -1.30. The molecular formula is C12H22N2O4. The molecule has 0 aromatic rings. The number of nitrogens with zero attached hydrogens (tertiary/aromatic N) is 2. The van der Waals surface area contributed by atoms with Crippen LogP contribution in [-0.2, 0) is 9.53 Å². The fourth-order valence-electron chi connectivity index (χ4n) is 1.94. The largest absolute Gasteiger partial charge is 0.481 e. The number of carbonyl (C=O) groups is 2. The topological polar surface area (TPSA) is 70.1 Å². The molecule has 0 aliphatic carbocycles. The number of carbonyl (C=O) groups excluding carboxylic acids is 1. The molecule has 0 aromatic heterocycles. The Morgan fingerprint density at radius 1 is 1.56 bits per heavy atom. The number of amides is 1. The van der Waals surface area contributed by atoms with E-state index in [1.807, 2.05) is 14.1 Å². The molecular weight excluding hydrogens is 236 g/mol. The van der Waals surface area contributed by atoms with Crippen LogP contribution >= 0.6 is 0 Å². The molecule has 1 aliphatic rings. The van der Waals surface area contributed by atoms with Gasteiger partial charge in [-0.2, -0.15) is 0 Å². The molecule has 18 heavy (non-hydrogen) atoms. The van der Waals surface area contributed by atoms with E-state index in [0.29, 0.717) is 19.5 Å². The van der Waals surface area contributed by atoms with Crippen molar-refractivity contribution in [3.63, 3.8) is 0 Å². The van der Waals surface area contributed by atoms with Crippen LogP contribution in [0.25, 0.3) is 0 Å². The van der Waals surface area contributed by atoms with Crippen LogP contribution in [0.1, 0.15) is 25.7 Å². The van der Waals surface area contributed by atoms with E-state index >= 15 is 0 Å². The van der Waals surface area contributed by atoms with Gasteiger partial charge in [-0.3, -0.25) is 4.79 Å². The van der Waals surface area contributed by atoms with Gasteiger partial charge in [0.25, 0.3) is 0 Å². The molecule has 6 nitrogen and oxygen atoms in total. The number of rotatable bonds is 7. The lowest BCUT2D eigenvalue weighted by Gasteiger charge is -2.31. The molecule has 6 heteroatoms.